The van der Waals surface area contributed by atoms with E-state index in [2.05, 4.69) is 27.8 Å². The van der Waals surface area contributed by atoms with E-state index in [0.29, 0.717) is 0 Å². The number of nitrogens with two attached hydrogens (primary N) is 1. The Labute approximate surface area is 128 Å². The van der Waals surface area contributed by atoms with Crippen LogP contribution >= 0.6 is 0 Å². The molecule has 2 aliphatic heterocycles. The van der Waals surface area contributed by atoms with Gasteiger partial charge in [0.1, 0.15) is 12.4 Å². The van der Waals surface area contributed by atoms with Crippen LogP contribution in [0, 0.1) is 0 Å². The highest BCUT2D eigenvalue weighted by Crippen LogP contribution is 2.32. The molecule has 0 unspecified atom stereocenters. The first-order valence-corrected chi connectivity index (χ1v) is 7.40. The summed E-state index contributed by atoms with van der Waals surface area (Å²) in [5, 5.41) is 0. The fourth-order valence-electron chi connectivity index (χ4n) is 2.86. The van der Waals surface area contributed by atoms with Crippen molar-refractivity contribution in [3.63, 3.8) is 0 Å². The minimum Gasteiger partial charge on any atom is -0.489 e. The Balaban J connectivity index is 0.00000161. The van der Waals surface area contributed by atoms with E-state index in [4.69, 9.17) is 10.5 Å². The van der Waals surface area contributed by atoms with Crippen LogP contribution in [-0.2, 0) is 0 Å². The van der Waals surface area contributed by atoms with E-state index in [1.807, 2.05) is 12.1 Å². The maximum atomic E-state index is 5.82. The Morgan fingerprint density at radius 1 is 1.10 bits per heavy atom. The SMILES string of the molecule is C.CN1CCN(CCN2CCOc3cc(N)ccc32)CC1. The highest BCUT2D eigenvalue weighted by molar-refractivity contribution is 5.65. The summed E-state index contributed by atoms with van der Waals surface area (Å²) in [6, 6.07) is 5.96. The third-order valence-electron chi connectivity index (χ3n) is 4.23. The van der Waals surface area contributed by atoms with E-state index in [9.17, 15) is 0 Å². The predicted octanol–water partition coefficient (Wildman–Crippen LogP) is 1.35. The summed E-state index contributed by atoms with van der Waals surface area (Å²) in [5.41, 5.74) is 7.77. The van der Waals surface area contributed by atoms with Gasteiger partial charge in [-0.3, -0.25) is 4.90 Å². The summed E-state index contributed by atoms with van der Waals surface area (Å²) < 4.78 is 5.70. The third kappa shape index (κ3) is 3.80. The van der Waals surface area contributed by atoms with Gasteiger partial charge in [0.2, 0.25) is 0 Å². The largest absolute Gasteiger partial charge is 0.489 e. The van der Waals surface area contributed by atoms with Gasteiger partial charge in [-0.1, -0.05) is 7.43 Å². The molecule has 0 saturated carbocycles. The highest BCUT2D eigenvalue weighted by Gasteiger charge is 2.20. The molecule has 0 amide bonds. The number of hydrogen-bond donors (Lipinski definition) is 1. The molecule has 1 fully saturated rings. The zero-order valence-electron chi connectivity index (χ0n) is 12.2. The summed E-state index contributed by atoms with van der Waals surface area (Å²) in [7, 11) is 2.19. The number of nitrogens with zero attached hydrogens (tertiary/aromatic N) is 3. The lowest BCUT2D eigenvalue weighted by atomic mass is 10.2. The second kappa shape index (κ2) is 7.00. The van der Waals surface area contributed by atoms with Gasteiger partial charge in [-0.05, 0) is 19.2 Å². The number of piperazine rings is 1. The third-order valence-corrected chi connectivity index (χ3v) is 4.23. The van der Waals surface area contributed by atoms with Crippen LogP contribution in [0.15, 0.2) is 18.2 Å². The quantitative estimate of drug-likeness (QED) is 0.852. The van der Waals surface area contributed by atoms with Crippen LogP contribution in [0.2, 0.25) is 0 Å². The summed E-state index contributed by atoms with van der Waals surface area (Å²) >= 11 is 0. The van der Waals surface area contributed by atoms with E-state index >= 15 is 0 Å². The Kier molecular flexibility index (Phi) is 5.31. The molecule has 1 aromatic rings. The van der Waals surface area contributed by atoms with Gasteiger partial charge in [0, 0.05) is 51.0 Å². The van der Waals surface area contributed by atoms with Crippen LogP contribution in [0.1, 0.15) is 7.43 Å². The zero-order chi connectivity index (χ0) is 13.9. The molecule has 118 valence electrons. The van der Waals surface area contributed by atoms with Crippen molar-refractivity contribution >= 4 is 11.4 Å². The van der Waals surface area contributed by atoms with Gasteiger partial charge in [-0.25, -0.2) is 0 Å². The van der Waals surface area contributed by atoms with Crippen molar-refractivity contribution in [2.24, 2.45) is 0 Å². The van der Waals surface area contributed by atoms with Crippen molar-refractivity contribution in [1.29, 1.82) is 0 Å². The molecule has 3 rings (SSSR count). The Morgan fingerprint density at radius 3 is 2.62 bits per heavy atom. The van der Waals surface area contributed by atoms with Crippen molar-refractivity contribution in [1.82, 2.24) is 9.80 Å². The van der Waals surface area contributed by atoms with E-state index in [1.165, 1.54) is 31.9 Å². The molecule has 2 heterocycles. The Hall–Kier alpha value is -1.46. The van der Waals surface area contributed by atoms with Crippen LogP contribution < -0.4 is 15.4 Å². The smallest absolute Gasteiger partial charge is 0.144 e. The molecule has 0 aliphatic carbocycles. The number of fused-ring (bicyclic) bond motifs is 1. The number of benzene rings is 1. The first-order chi connectivity index (χ1) is 9.72. The zero-order valence-corrected chi connectivity index (χ0v) is 12.2. The molecular formula is C16H28N4O. The standard InChI is InChI=1S/C15H24N4O.CH4/c1-17-4-6-18(7-5-17)8-9-19-10-11-20-15-12-13(16)2-3-14(15)19;/h2-3,12H,4-11,16H2,1H3;1H4. The van der Waals surface area contributed by atoms with Crippen LogP contribution in [0.5, 0.6) is 5.75 Å². The molecule has 2 aliphatic rings. The Morgan fingerprint density at radius 2 is 1.86 bits per heavy atom. The molecule has 1 aromatic carbocycles. The predicted molar refractivity (Wildman–Crippen MR) is 89.2 cm³/mol. The van der Waals surface area contributed by atoms with E-state index < -0.39 is 0 Å². The lowest BCUT2D eigenvalue weighted by Crippen LogP contribution is -2.47. The van der Waals surface area contributed by atoms with E-state index in [-0.39, 0.29) is 7.43 Å². The molecule has 0 atom stereocenters. The maximum absolute atomic E-state index is 5.82. The van der Waals surface area contributed by atoms with Crippen molar-refractivity contribution in [3.05, 3.63) is 18.2 Å². The first kappa shape index (κ1) is 15.9. The first-order valence-electron chi connectivity index (χ1n) is 7.40. The second-order valence-corrected chi connectivity index (χ2v) is 5.71. The molecule has 0 spiro atoms. The minimum absolute atomic E-state index is 0. The van der Waals surface area contributed by atoms with E-state index in [1.54, 1.807) is 0 Å². The van der Waals surface area contributed by atoms with Gasteiger partial charge in [0.25, 0.3) is 0 Å². The molecule has 0 radical (unpaired) electrons. The molecular weight excluding hydrogens is 264 g/mol. The number of hydrogen-bond acceptors (Lipinski definition) is 5. The van der Waals surface area contributed by atoms with E-state index in [0.717, 1.165) is 37.7 Å². The van der Waals surface area contributed by atoms with Gasteiger partial charge in [0.05, 0.1) is 12.2 Å². The molecule has 0 bridgehead atoms. The lowest BCUT2D eigenvalue weighted by molar-refractivity contribution is 0.156. The Bertz CT molecular complexity index is 458. The molecule has 2 N–H and O–H groups in total. The number of nitrogen functional groups attached to an aromatic ring is 1. The summed E-state index contributed by atoms with van der Waals surface area (Å²) in [4.78, 5) is 7.35. The van der Waals surface area contributed by atoms with Crippen molar-refractivity contribution < 1.29 is 4.74 Å². The maximum Gasteiger partial charge on any atom is 0.144 e. The average Bonchev–Trinajstić information content (AvgIpc) is 2.46. The summed E-state index contributed by atoms with van der Waals surface area (Å²) in [6.45, 7) is 8.60. The fourth-order valence-corrected chi connectivity index (χ4v) is 2.86. The number of anilines is 2. The van der Waals surface area contributed by atoms with Crippen LogP contribution in [-0.4, -0.2) is 69.3 Å². The second-order valence-electron chi connectivity index (χ2n) is 5.71. The van der Waals surface area contributed by atoms with Crippen molar-refractivity contribution in [2.75, 3.05) is 70.1 Å². The minimum atomic E-state index is 0. The summed E-state index contributed by atoms with van der Waals surface area (Å²) in [5.74, 6) is 0.926. The molecule has 5 heteroatoms. The van der Waals surface area contributed by atoms with Crippen molar-refractivity contribution in [3.8, 4) is 5.75 Å². The highest BCUT2D eigenvalue weighted by atomic mass is 16.5. The van der Waals surface area contributed by atoms with Crippen LogP contribution in [0.3, 0.4) is 0 Å². The normalized spacial score (nSPS) is 19.6. The number of likely N-dealkylation sites (N-methyl/N-ethyl adjacent to an activating group) is 1. The van der Waals surface area contributed by atoms with Gasteiger partial charge in [-0.15, -0.1) is 0 Å². The molecule has 1 saturated heterocycles. The molecule has 21 heavy (non-hydrogen) atoms. The van der Waals surface area contributed by atoms with Gasteiger partial charge in [0.15, 0.2) is 0 Å². The number of rotatable bonds is 3. The topological polar surface area (TPSA) is 45.0 Å². The van der Waals surface area contributed by atoms with Gasteiger partial charge in [-0.2, -0.15) is 0 Å². The molecule has 5 nitrogen and oxygen atoms in total. The average molecular weight is 292 g/mol. The van der Waals surface area contributed by atoms with Gasteiger partial charge < -0.3 is 20.3 Å². The van der Waals surface area contributed by atoms with Crippen LogP contribution in [0.4, 0.5) is 11.4 Å². The van der Waals surface area contributed by atoms with Gasteiger partial charge >= 0.3 is 0 Å². The fraction of sp³-hybridized carbons (Fsp3) is 0.625. The lowest BCUT2D eigenvalue weighted by Gasteiger charge is -2.36. The molecule has 0 aromatic heterocycles. The van der Waals surface area contributed by atoms with Crippen molar-refractivity contribution in [2.45, 2.75) is 7.43 Å². The number of ether oxygens (including phenoxy) is 1. The summed E-state index contributed by atoms with van der Waals surface area (Å²) in [6.07, 6.45) is 0. The monoisotopic (exact) mass is 292 g/mol. The van der Waals surface area contributed by atoms with Crippen LogP contribution in [0.25, 0.3) is 0 Å².